The quantitative estimate of drug-likeness (QED) is 0.846. The average molecular weight is 252 g/mol. The van der Waals surface area contributed by atoms with Crippen LogP contribution in [-0.2, 0) is 4.79 Å². The van der Waals surface area contributed by atoms with Crippen LogP contribution in [0.15, 0.2) is 18.2 Å². The summed E-state index contributed by atoms with van der Waals surface area (Å²) < 4.78 is 12.9. The first-order chi connectivity index (χ1) is 8.34. The highest BCUT2D eigenvalue weighted by Gasteiger charge is 2.17. The van der Waals surface area contributed by atoms with Crippen LogP contribution < -0.4 is 10.6 Å². The zero-order valence-corrected chi connectivity index (χ0v) is 11.4. The van der Waals surface area contributed by atoms with Crippen molar-refractivity contribution in [3.8, 4) is 0 Å². The fourth-order valence-corrected chi connectivity index (χ4v) is 1.51. The van der Waals surface area contributed by atoms with Crippen LogP contribution in [0, 0.1) is 12.7 Å². The van der Waals surface area contributed by atoms with E-state index in [0.29, 0.717) is 0 Å². The molecule has 0 unspecified atom stereocenters. The SMILES string of the molecule is CCC(C)(C)NC(=O)CNc1ccc(F)cc1C. The summed E-state index contributed by atoms with van der Waals surface area (Å²) in [6.45, 7) is 7.98. The normalized spacial score (nSPS) is 11.2. The molecule has 3 nitrogen and oxygen atoms in total. The molecule has 0 fully saturated rings. The number of hydrogen-bond donors (Lipinski definition) is 2. The number of carbonyl (C=O) groups is 1. The van der Waals surface area contributed by atoms with Gasteiger partial charge in [-0.25, -0.2) is 4.39 Å². The molecule has 18 heavy (non-hydrogen) atoms. The predicted molar refractivity (Wildman–Crippen MR) is 72.1 cm³/mol. The van der Waals surface area contributed by atoms with E-state index >= 15 is 0 Å². The van der Waals surface area contributed by atoms with Crippen molar-refractivity contribution in [2.75, 3.05) is 11.9 Å². The molecule has 1 aromatic rings. The van der Waals surface area contributed by atoms with E-state index in [2.05, 4.69) is 10.6 Å². The molecule has 0 atom stereocenters. The number of amides is 1. The Morgan fingerprint density at radius 2 is 2.06 bits per heavy atom. The van der Waals surface area contributed by atoms with Gasteiger partial charge in [-0.2, -0.15) is 0 Å². The lowest BCUT2D eigenvalue weighted by molar-refractivity contribution is -0.121. The molecule has 0 aliphatic rings. The van der Waals surface area contributed by atoms with Crippen LogP contribution in [-0.4, -0.2) is 18.0 Å². The first kappa shape index (κ1) is 14.5. The molecule has 4 heteroatoms. The van der Waals surface area contributed by atoms with E-state index in [-0.39, 0.29) is 23.8 Å². The fraction of sp³-hybridized carbons (Fsp3) is 0.500. The number of hydrogen-bond acceptors (Lipinski definition) is 2. The zero-order chi connectivity index (χ0) is 13.8. The average Bonchev–Trinajstić information content (AvgIpc) is 2.27. The Morgan fingerprint density at radius 3 is 2.61 bits per heavy atom. The Labute approximate surface area is 108 Å². The fourth-order valence-electron chi connectivity index (χ4n) is 1.51. The number of anilines is 1. The lowest BCUT2D eigenvalue weighted by atomic mass is 10.0. The van der Waals surface area contributed by atoms with Crippen molar-refractivity contribution in [3.05, 3.63) is 29.6 Å². The van der Waals surface area contributed by atoms with Crippen molar-refractivity contribution < 1.29 is 9.18 Å². The minimum Gasteiger partial charge on any atom is -0.376 e. The molecule has 0 saturated heterocycles. The standard InChI is InChI=1S/C14H21FN2O/c1-5-14(3,4)17-13(18)9-16-12-7-6-11(15)8-10(12)2/h6-8,16H,5,9H2,1-4H3,(H,17,18). The maximum absolute atomic E-state index is 12.9. The number of nitrogens with one attached hydrogen (secondary N) is 2. The van der Waals surface area contributed by atoms with Crippen molar-refractivity contribution in [1.82, 2.24) is 5.32 Å². The first-order valence-corrected chi connectivity index (χ1v) is 6.15. The van der Waals surface area contributed by atoms with Gasteiger partial charge in [0.2, 0.25) is 5.91 Å². The lowest BCUT2D eigenvalue weighted by Crippen LogP contribution is -2.45. The Balaban J connectivity index is 2.53. The summed E-state index contributed by atoms with van der Waals surface area (Å²) in [5.41, 5.74) is 1.37. The summed E-state index contributed by atoms with van der Waals surface area (Å²) in [7, 11) is 0. The van der Waals surface area contributed by atoms with Gasteiger partial charge in [-0.3, -0.25) is 4.79 Å². The molecule has 0 heterocycles. The van der Waals surface area contributed by atoms with Gasteiger partial charge in [-0.05, 0) is 51.0 Å². The van der Waals surface area contributed by atoms with Gasteiger partial charge >= 0.3 is 0 Å². The third-order valence-corrected chi connectivity index (χ3v) is 2.99. The van der Waals surface area contributed by atoms with Crippen LogP contribution in [0.1, 0.15) is 32.8 Å². The highest BCUT2D eigenvalue weighted by Crippen LogP contribution is 2.15. The molecule has 0 aliphatic carbocycles. The van der Waals surface area contributed by atoms with Crippen LogP contribution >= 0.6 is 0 Å². The van der Waals surface area contributed by atoms with Crippen LogP contribution in [0.5, 0.6) is 0 Å². The van der Waals surface area contributed by atoms with E-state index in [1.807, 2.05) is 20.8 Å². The van der Waals surface area contributed by atoms with Crippen molar-refractivity contribution in [2.45, 2.75) is 39.7 Å². The monoisotopic (exact) mass is 252 g/mol. The third kappa shape index (κ3) is 4.35. The van der Waals surface area contributed by atoms with Gasteiger partial charge in [0.1, 0.15) is 5.82 Å². The summed E-state index contributed by atoms with van der Waals surface area (Å²) in [5.74, 6) is -0.333. The molecule has 1 rings (SSSR count). The minimum atomic E-state index is -0.269. The summed E-state index contributed by atoms with van der Waals surface area (Å²) in [6, 6.07) is 4.46. The lowest BCUT2D eigenvalue weighted by Gasteiger charge is -2.24. The maximum atomic E-state index is 12.9. The highest BCUT2D eigenvalue weighted by atomic mass is 19.1. The molecule has 0 aromatic heterocycles. The molecule has 0 bridgehead atoms. The molecule has 1 aromatic carbocycles. The molecule has 2 N–H and O–H groups in total. The van der Waals surface area contributed by atoms with Gasteiger partial charge in [-0.1, -0.05) is 6.92 Å². The summed E-state index contributed by atoms with van der Waals surface area (Å²) in [6.07, 6.45) is 0.869. The van der Waals surface area contributed by atoms with E-state index in [1.54, 1.807) is 13.0 Å². The topological polar surface area (TPSA) is 41.1 Å². The van der Waals surface area contributed by atoms with Crippen molar-refractivity contribution in [2.24, 2.45) is 0 Å². The Bertz CT molecular complexity index is 430. The summed E-state index contributed by atoms with van der Waals surface area (Å²) >= 11 is 0. The molecule has 0 spiro atoms. The molecule has 0 aliphatic heterocycles. The van der Waals surface area contributed by atoms with Gasteiger partial charge in [0.05, 0.1) is 6.54 Å². The van der Waals surface area contributed by atoms with Gasteiger partial charge in [0, 0.05) is 11.2 Å². The molecular formula is C14H21FN2O. The maximum Gasteiger partial charge on any atom is 0.239 e. The van der Waals surface area contributed by atoms with Gasteiger partial charge < -0.3 is 10.6 Å². The number of rotatable bonds is 5. The number of halogens is 1. The number of aryl methyl sites for hydroxylation is 1. The second-order valence-electron chi connectivity index (χ2n) is 5.10. The van der Waals surface area contributed by atoms with Crippen LogP contribution in [0.3, 0.4) is 0 Å². The van der Waals surface area contributed by atoms with Gasteiger partial charge in [-0.15, -0.1) is 0 Å². The minimum absolute atomic E-state index is 0.0643. The molecule has 1 amide bonds. The molecule has 100 valence electrons. The van der Waals surface area contributed by atoms with Crippen molar-refractivity contribution >= 4 is 11.6 Å². The second kappa shape index (κ2) is 5.85. The largest absolute Gasteiger partial charge is 0.376 e. The Morgan fingerprint density at radius 1 is 1.39 bits per heavy atom. The number of benzene rings is 1. The molecule has 0 radical (unpaired) electrons. The predicted octanol–water partition coefficient (Wildman–Crippen LogP) is 2.85. The Kier molecular flexibility index (Phi) is 4.70. The third-order valence-electron chi connectivity index (χ3n) is 2.99. The summed E-state index contributed by atoms with van der Waals surface area (Å²) in [5, 5.41) is 5.94. The first-order valence-electron chi connectivity index (χ1n) is 6.15. The zero-order valence-electron chi connectivity index (χ0n) is 11.4. The van der Waals surface area contributed by atoms with Crippen molar-refractivity contribution in [1.29, 1.82) is 0 Å². The van der Waals surface area contributed by atoms with E-state index in [4.69, 9.17) is 0 Å². The van der Waals surface area contributed by atoms with E-state index < -0.39 is 0 Å². The highest BCUT2D eigenvalue weighted by molar-refractivity contribution is 5.81. The smallest absolute Gasteiger partial charge is 0.239 e. The molecular weight excluding hydrogens is 231 g/mol. The number of carbonyl (C=O) groups excluding carboxylic acids is 1. The van der Waals surface area contributed by atoms with E-state index in [1.165, 1.54) is 12.1 Å². The second-order valence-corrected chi connectivity index (χ2v) is 5.10. The van der Waals surface area contributed by atoms with Gasteiger partial charge in [0.15, 0.2) is 0 Å². The Hall–Kier alpha value is -1.58. The van der Waals surface area contributed by atoms with E-state index in [9.17, 15) is 9.18 Å². The van der Waals surface area contributed by atoms with E-state index in [0.717, 1.165) is 17.7 Å². The molecule has 0 saturated carbocycles. The van der Waals surface area contributed by atoms with Crippen LogP contribution in [0.2, 0.25) is 0 Å². The van der Waals surface area contributed by atoms with Crippen LogP contribution in [0.25, 0.3) is 0 Å². The van der Waals surface area contributed by atoms with Crippen molar-refractivity contribution in [3.63, 3.8) is 0 Å². The van der Waals surface area contributed by atoms with Gasteiger partial charge in [0.25, 0.3) is 0 Å². The van der Waals surface area contributed by atoms with Crippen LogP contribution in [0.4, 0.5) is 10.1 Å². The summed E-state index contributed by atoms with van der Waals surface area (Å²) in [4.78, 5) is 11.7.